The van der Waals surface area contributed by atoms with Crippen molar-refractivity contribution >= 4 is 17.4 Å². The highest BCUT2D eigenvalue weighted by molar-refractivity contribution is 8.01. The second kappa shape index (κ2) is 3.79. The normalized spacial score (nSPS) is 24.4. The van der Waals surface area contributed by atoms with Crippen LogP contribution in [0.4, 0.5) is 5.69 Å². The van der Waals surface area contributed by atoms with Crippen LogP contribution in [0.2, 0.25) is 0 Å². The third-order valence-corrected chi connectivity index (χ3v) is 5.36. The zero-order chi connectivity index (χ0) is 12.0. The fourth-order valence-electron chi connectivity index (χ4n) is 3.04. The van der Waals surface area contributed by atoms with Crippen molar-refractivity contribution in [2.45, 2.75) is 29.0 Å². The van der Waals surface area contributed by atoms with Crippen LogP contribution >= 0.6 is 11.8 Å². The van der Waals surface area contributed by atoms with E-state index in [1.54, 1.807) is 0 Å². The van der Waals surface area contributed by atoms with Gasteiger partial charge >= 0.3 is 0 Å². The summed E-state index contributed by atoms with van der Waals surface area (Å²) in [6, 6.07) is 17.5. The maximum Gasteiger partial charge on any atom is 0.0924 e. The van der Waals surface area contributed by atoms with Crippen molar-refractivity contribution in [2.75, 3.05) is 5.32 Å². The van der Waals surface area contributed by atoms with Crippen molar-refractivity contribution in [3.8, 4) is 0 Å². The Bertz CT molecular complexity index is 581. The van der Waals surface area contributed by atoms with Gasteiger partial charge in [-0.2, -0.15) is 0 Å². The van der Waals surface area contributed by atoms with Crippen molar-refractivity contribution < 1.29 is 0 Å². The number of para-hydroxylation sites is 1. The molecule has 1 aliphatic carbocycles. The van der Waals surface area contributed by atoms with Crippen molar-refractivity contribution in [3.05, 3.63) is 59.7 Å². The fourth-order valence-corrected chi connectivity index (χ4v) is 4.43. The van der Waals surface area contributed by atoms with Crippen LogP contribution in [-0.2, 0) is 12.8 Å². The summed E-state index contributed by atoms with van der Waals surface area (Å²) in [5.74, 6) is 0. The van der Waals surface area contributed by atoms with Gasteiger partial charge in [-0.05, 0) is 36.1 Å². The van der Waals surface area contributed by atoms with Gasteiger partial charge in [0.25, 0.3) is 0 Å². The smallest absolute Gasteiger partial charge is 0.0924 e. The Balaban J connectivity index is 1.70. The summed E-state index contributed by atoms with van der Waals surface area (Å²) in [5.41, 5.74) is 4.35. The van der Waals surface area contributed by atoms with E-state index in [9.17, 15) is 0 Å². The topological polar surface area (TPSA) is 12.0 Å². The highest BCUT2D eigenvalue weighted by Gasteiger charge is 2.40. The third kappa shape index (κ3) is 1.56. The van der Waals surface area contributed by atoms with E-state index in [0.717, 1.165) is 6.42 Å². The molecule has 1 N–H and O–H groups in total. The summed E-state index contributed by atoms with van der Waals surface area (Å²) in [4.78, 5) is 1.59. The highest BCUT2D eigenvalue weighted by Crippen LogP contribution is 2.50. The predicted octanol–water partition coefficient (Wildman–Crippen LogP) is 4.09. The molecule has 1 nitrogen and oxygen atoms in total. The van der Waals surface area contributed by atoms with Gasteiger partial charge in [0.15, 0.2) is 0 Å². The van der Waals surface area contributed by atoms with Crippen LogP contribution in [0.5, 0.6) is 0 Å². The van der Waals surface area contributed by atoms with Gasteiger partial charge in [0.05, 0.1) is 4.87 Å². The SMILES string of the molecule is c1ccc2c(c1)CC[C@@]1(C2)Nc2ccccc2S1. The van der Waals surface area contributed by atoms with Crippen LogP contribution in [0.25, 0.3) is 0 Å². The number of anilines is 1. The first-order valence-corrected chi connectivity index (χ1v) is 7.29. The molecule has 0 saturated heterocycles. The number of thioether (sulfide) groups is 1. The number of hydrogen-bond donors (Lipinski definition) is 1. The molecule has 4 rings (SSSR count). The van der Waals surface area contributed by atoms with E-state index < -0.39 is 0 Å². The lowest BCUT2D eigenvalue weighted by atomic mass is 9.87. The van der Waals surface area contributed by atoms with Crippen molar-refractivity contribution in [1.82, 2.24) is 0 Å². The van der Waals surface area contributed by atoms with E-state index >= 15 is 0 Å². The molecule has 0 bridgehead atoms. The molecule has 2 heteroatoms. The first kappa shape index (κ1) is 10.5. The highest BCUT2D eigenvalue weighted by atomic mass is 32.2. The summed E-state index contributed by atoms with van der Waals surface area (Å²) >= 11 is 2.01. The molecule has 2 aromatic rings. The molecule has 90 valence electrons. The Morgan fingerprint density at radius 1 is 0.944 bits per heavy atom. The van der Waals surface area contributed by atoms with Gasteiger partial charge in [-0.15, -0.1) is 0 Å². The van der Waals surface area contributed by atoms with Crippen LogP contribution in [0.3, 0.4) is 0 Å². The quantitative estimate of drug-likeness (QED) is 0.759. The zero-order valence-corrected chi connectivity index (χ0v) is 11.0. The Morgan fingerprint density at radius 3 is 2.61 bits per heavy atom. The van der Waals surface area contributed by atoms with E-state index in [0.29, 0.717) is 0 Å². The molecule has 0 unspecified atom stereocenters. The summed E-state index contributed by atoms with van der Waals surface area (Å²) in [6.45, 7) is 0. The summed E-state index contributed by atoms with van der Waals surface area (Å²) < 4.78 is 0. The average Bonchev–Trinajstić information content (AvgIpc) is 2.76. The first-order chi connectivity index (χ1) is 8.85. The number of rotatable bonds is 0. The monoisotopic (exact) mass is 253 g/mol. The van der Waals surface area contributed by atoms with Crippen LogP contribution in [0.1, 0.15) is 17.5 Å². The van der Waals surface area contributed by atoms with Crippen LogP contribution < -0.4 is 5.32 Å². The Hall–Kier alpha value is -1.41. The molecule has 2 aromatic carbocycles. The predicted molar refractivity (Wildman–Crippen MR) is 77.1 cm³/mol. The van der Waals surface area contributed by atoms with Gasteiger partial charge in [-0.3, -0.25) is 0 Å². The number of fused-ring (bicyclic) bond motifs is 2. The van der Waals surface area contributed by atoms with E-state index in [2.05, 4.69) is 53.8 Å². The van der Waals surface area contributed by atoms with Gasteiger partial charge in [0.1, 0.15) is 0 Å². The molecule has 2 aliphatic rings. The molecule has 1 spiro atoms. The second-order valence-electron chi connectivity index (χ2n) is 5.16. The number of benzene rings is 2. The van der Waals surface area contributed by atoms with Crippen LogP contribution in [0, 0.1) is 0 Å². The van der Waals surface area contributed by atoms with E-state index in [1.165, 1.54) is 34.6 Å². The molecule has 18 heavy (non-hydrogen) atoms. The maximum atomic E-state index is 3.75. The van der Waals surface area contributed by atoms with Crippen molar-refractivity contribution in [1.29, 1.82) is 0 Å². The largest absolute Gasteiger partial charge is 0.369 e. The molecular weight excluding hydrogens is 238 g/mol. The van der Waals surface area contributed by atoms with Crippen LogP contribution in [-0.4, -0.2) is 4.87 Å². The van der Waals surface area contributed by atoms with Gasteiger partial charge < -0.3 is 5.32 Å². The molecule has 1 heterocycles. The van der Waals surface area contributed by atoms with Crippen molar-refractivity contribution in [3.63, 3.8) is 0 Å². The summed E-state index contributed by atoms with van der Waals surface area (Å²) in [7, 11) is 0. The maximum absolute atomic E-state index is 3.75. The lowest BCUT2D eigenvalue weighted by Gasteiger charge is -2.34. The second-order valence-corrected chi connectivity index (χ2v) is 6.59. The van der Waals surface area contributed by atoms with Crippen LogP contribution in [0.15, 0.2) is 53.4 Å². The van der Waals surface area contributed by atoms with Gasteiger partial charge in [0.2, 0.25) is 0 Å². The molecule has 0 fully saturated rings. The standard InChI is InChI=1S/C16H15NS/c1-2-6-13-11-16(10-9-12(13)5-1)17-14-7-3-4-8-15(14)18-16/h1-8,17H,9-11H2/t16-/m1/s1. The molecule has 0 saturated carbocycles. The zero-order valence-electron chi connectivity index (χ0n) is 10.1. The average molecular weight is 253 g/mol. The minimum Gasteiger partial charge on any atom is -0.369 e. The fraction of sp³-hybridized carbons (Fsp3) is 0.250. The molecule has 1 atom stereocenters. The minimum atomic E-state index is 0.193. The Labute approximate surface area is 112 Å². The molecule has 1 aliphatic heterocycles. The lowest BCUT2D eigenvalue weighted by Crippen LogP contribution is -2.37. The Morgan fingerprint density at radius 2 is 1.72 bits per heavy atom. The summed E-state index contributed by atoms with van der Waals surface area (Å²) in [6.07, 6.45) is 3.52. The number of aryl methyl sites for hydroxylation is 1. The molecule has 0 aromatic heterocycles. The first-order valence-electron chi connectivity index (χ1n) is 6.48. The number of nitrogens with one attached hydrogen (secondary N) is 1. The number of hydrogen-bond acceptors (Lipinski definition) is 2. The Kier molecular flexibility index (Phi) is 2.21. The van der Waals surface area contributed by atoms with Gasteiger partial charge in [-0.1, -0.05) is 48.2 Å². The van der Waals surface area contributed by atoms with Gasteiger partial charge in [-0.25, -0.2) is 0 Å². The van der Waals surface area contributed by atoms with Gasteiger partial charge in [0, 0.05) is 17.0 Å². The molecule has 0 radical (unpaired) electrons. The van der Waals surface area contributed by atoms with Crippen molar-refractivity contribution in [2.24, 2.45) is 0 Å². The van der Waals surface area contributed by atoms with E-state index in [1.807, 2.05) is 11.8 Å². The minimum absolute atomic E-state index is 0.193. The van der Waals surface area contributed by atoms with E-state index in [4.69, 9.17) is 0 Å². The molecular formula is C16H15NS. The lowest BCUT2D eigenvalue weighted by molar-refractivity contribution is 0.569. The third-order valence-electron chi connectivity index (χ3n) is 3.95. The van der Waals surface area contributed by atoms with E-state index in [-0.39, 0.29) is 4.87 Å². The molecule has 0 amide bonds. The summed E-state index contributed by atoms with van der Waals surface area (Å²) in [5, 5.41) is 3.75.